The van der Waals surface area contributed by atoms with E-state index in [-0.39, 0.29) is 17.2 Å². The molecule has 0 bridgehead atoms. The van der Waals surface area contributed by atoms with E-state index in [1.54, 1.807) is 18.5 Å². The summed E-state index contributed by atoms with van der Waals surface area (Å²) >= 11 is 0. The predicted molar refractivity (Wildman–Crippen MR) is 96.4 cm³/mol. The third-order valence-electron chi connectivity index (χ3n) is 6.53. The molecular formula is C20H29N3O. The van der Waals surface area contributed by atoms with Crippen molar-refractivity contribution in [3.8, 4) is 0 Å². The zero-order valence-electron chi connectivity index (χ0n) is 15.1. The van der Waals surface area contributed by atoms with Crippen LogP contribution in [0.1, 0.15) is 59.3 Å². The van der Waals surface area contributed by atoms with Crippen LogP contribution in [0.5, 0.6) is 0 Å². The molecule has 0 spiro atoms. The van der Waals surface area contributed by atoms with E-state index in [1.807, 2.05) is 0 Å². The monoisotopic (exact) mass is 327 g/mol. The van der Waals surface area contributed by atoms with Crippen LogP contribution in [0.25, 0.3) is 0 Å². The molecule has 4 nitrogen and oxygen atoms in total. The minimum atomic E-state index is -0.00222. The lowest BCUT2D eigenvalue weighted by atomic mass is 9.47. The van der Waals surface area contributed by atoms with Crippen molar-refractivity contribution in [1.29, 1.82) is 0 Å². The number of hydrogen-bond donors (Lipinski definition) is 1. The summed E-state index contributed by atoms with van der Waals surface area (Å²) in [5.74, 6) is 1.29. The number of carbonyl (C=O) groups excluding carboxylic acids is 1. The van der Waals surface area contributed by atoms with Gasteiger partial charge in [-0.25, -0.2) is 9.97 Å². The molecule has 2 fully saturated rings. The molecule has 24 heavy (non-hydrogen) atoms. The SMILES string of the molecule is C=C1CCC2C(C)(C)CCC[C@]2(C)[C@@H]1CC(=O)Nc1ncccn1. The van der Waals surface area contributed by atoms with Crippen LogP contribution in [0, 0.1) is 22.7 Å². The zero-order valence-corrected chi connectivity index (χ0v) is 15.1. The van der Waals surface area contributed by atoms with E-state index < -0.39 is 0 Å². The summed E-state index contributed by atoms with van der Waals surface area (Å²) in [7, 11) is 0. The average molecular weight is 327 g/mol. The first-order valence-corrected chi connectivity index (χ1v) is 9.07. The van der Waals surface area contributed by atoms with Crippen LogP contribution in [0.3, 0.4) is 0 Å². The molecule has 3 rings (SSSR count). The number of fused-ring (bicyclic) bond motifs is 1. The van der Waals surface area contributed by atoms with Crippen molar-refractivity contribution < 1.29 is 4.79 Å². The molecule has 0 radical (unpaired) electrons. The van der Waals surface area contributed by atoms with E-state index in [4.69, 9.17) is 0 Å². The highest BCUT2D eigenvalue weighted by atomic mass is 16.1. The molecule has 2 saturated carbocycles. The van der Waals surface area contributed by atoms with Crippen molar-refractivity contribution in [2.24, 2.45) is 22.7 Å². The van der Waals surface area contributed by atoms with Gasteiger partial charge in [0.25, 0.3) is 0 Å². The Morgan fingerprint density at radius 3 is 2.71 bits per heavy atom. The van der Waals surface area contributed by atoms with Gasteiger partial charge in [-0.05, 0) is 54.4 Å². The van der Waals surface area contributed by atoms with Crippen LogP contribution in [-0.2, 0) is 4.79 Å². The lowest BCUT2D eigenvalue weighted by Gasteiger charge is -2.57. The Kier molecular flexibility index (Phi) is 4.50. The van der Waals surface area contributed by atoms with Gasteiger partial charge >= 0.3 is 0 Å². The van der Waals surface area contributed by atoms with Crippen LogP contribution in [-0.4, -0.2) is 15.9 Å². The Hall–Kier alpha value is -1.71. The molecule has 1 aromatic heterocycles. The second-order valence-electron chi connectivity index (χ2n) is 8.47. The van der Waals surface area contributed by atoms with Crippen molar-refractivity contribution in [2.75, 3.05) is 5.32 Å². The quantitative estimate of drug-likeness (QED) is 0.825. The Bertz CT molecular complexity index is 625. The number of hydrogen-bond acceptors (Lipinski definition) is 3. The molecule has 1 amide bonds. The first-order chi connectivity index (χ1) is 11.3. The molecule has 4 heteroatoms. The Labute approximate surface area is 145 Å². The van der Waals surface area contributed by atoms with Gasteiger partial charge in [0.05, 0.1) is 0 Å². The minimum absolute atomic E-state index is 0.00222. The summed E-state index contributed by atoms with van der Waals surface area (Å²) in [5.41, 5.74) is 1.77. The molecule has 1 unspecified atom stereocenters. The number of nitrogens with zero attached hydrogens (tertiary/aromatic N) is 2. The highest BCUT2D eigenvalue weighted by molar-refractivity contribution is 5.89. The second-order valence-corrected chi connectivity index (χ2v) is 8.47. The Morgan fingerprint density at radius 2 is 2.00 bits per heavy atom. The lowest BCUT2D eigenvalue weighted by molar-refractivity contribution is -0.120. The van der Waals surface area contributed by atoms with E-state index in [1.165, 1.54) is 31.3 Å². The number of carbonyl (C=O) groups is 1. The molecule has 2 aliphatic rings. The van der Waals surface area contributed by atoms with Crippen LogP contribution in [0.4, 0.5) is 5.95 Å². The lowest BCUT2D eigenvalue weighted by Crippen LogP contribution is -2.50. The third kappa shape index (κ3) is 3.11. The maximum Gasteiger partial charge on any atom is 0.229 e. The molecule has 0 saturated heterocycles. The molecule has 3 atom stereocenters. The predicted octanol–water partition coefficient (Wildman–Crippen LogP) is 4.60. The van der Waals surface area contributed by atoms with Gasteiger partial charge in [-0.1, -0.05) is 39.3 Å². The molecule has 1 heterocycles. The summed E-state index contributed by atoms with van der Waals surface area (Å²) in [4.78, 5) is 20.7. The molecule has 0 aliphatic heterocycles. The number of anilines is 1. The number of amides is 1. The number of rotatable bonds is 3. The van der Waals surface area contributed by atoms with Crippen LogP contribution in [0.2, 0.25) is 0 Å². The van der Waals surface area contributed by atoms with Crippen LogP contribution >= 0.6 is 0 Å². The van der Waals surface area contributed by atoms with Crippen LogP contribution < -0.4 is 5.32 Å². The van der Waals surface area contributed by atoms with Gasteiger partial charge in [0.15, 0.2) is 0 Å². The topological polar surface area (TPSA) is 54.9 Å². The van der Waals surface area contributed by atoms with E-state index in [0.717, 1.165) is 6.42 Å². The molecule has 2 aliphatic carbocycles. The fourth-order valence-corrected chi connectivity index (χ4v) is 5.38. The maximum atomic E-state index is 12.6. The zero-order chi connectivity index (χ0) is 17.4. The Morgan fingerprint density at radius 1 is 1.29 bits per heavy atom. The minimum Gasteiger partial charge on any atom is -0.295 e. The van der Waals surface area contributed by atoms with E-state index in [0.29, 0.717) is 23.7 Å². The van der Waals surface area contributed by atoms with Crippen molar-refractivity contribution >= 4 is 11.9 Å². The second kappa shape index (κ2) is 6.30. The Balaban J connectivity index is 1.77. The van der Waals surface area contributed by atoms with Crippen molar-refractivity contribution in [3.63, 3.8) is 0 Å². The average Bonchev–Trinajstić information content (AvgIpc) is 2.51. The first kappa shape index (κ1) is 17.1. The third-order valence-corrected chi connectivity index (χ3v) is 6.53. The van der Waals surface area contributed by atoms with Crippen molar-refractivity contribution in [1.82, 2.24) is 9.97 Å². The van der Waals surface area contributed by atoms with Gasteiger partial charge in [0, 0.05) is 18.8 Å². The summed E-state index contributed by atoms with van der Waals surface area (Å²) in [5, 5.41) is 2.84. The molecular weight excluding hydrogens is 298 g/mol. The standard InChI is InChI=1S/C20H29N3O/c1-14-7-8-16-19(2,3)9-5-10-20(16,4)15(14)13-17(24)23-18-21-11-6-12-22-18/h6,11-12,15-16H,1,5,7-10,13H2,2-4H3,(H,21,22,23,24)/t15-,16?,20-/m1/s1. The van der Waals surface area contributed by atoms with Gasteiger partial charge in [-0.3, -0.25) is 10.1 Å². The smallest absolute Gasteiger partial charge is 0.229 e. The van der Waals surface area contributed by atoms with Gasteiger partial charge in [0.1, 0.15) is 0 Å². The molecule has 1 N–H and O–H groups in total. The van der Waals surface area contributed by atoms with Gasteiger partial charge < -0.3 is 0 Å². The summed E-state index contributed by atoms with van der Waals surface area (Å²) in [6.07, 6.45) is 9.75. The highest BCUT2D eigenvalue weighted by Gasteiger charge is 2.53. The molecule has 130 valence electrons. The first-order valence-electron chi connectivity index (χ1n) is 9.07. The summed E-state index contributed by atoms with van der Waals surface area (Å²) < 4.78 is 0. The number of allylic oxidation sites excluding steroid dienone is 1. The summed E-state index contributed by atoms with van der Waals surface area (Å²) in [6, 6.07) is 1.74. The summed E-state index contributed by atoms with van der Waals surface area (Å²) in [6.45, 7) is 11.5. The molecule has 0 aromatic carbocycles. The van der Waals surface area contributed by atoms with E-state index in [9.17, 15) is 4.79 Å². The van der Waals surface area contributed by atoms with Gasteiger partial charge in [-0.2, -0.15) is 0 Å². The number of aromatic nitrogens is 2. The van der Waals surface area contributed by atoms with E-state index >= 15 is 0 Å². The fourth-order valence-electron chi connectivity index (χ4n) is 5.38. The van der Waals surface area contributed by atoms with E-state index in [2.05, 4.69) is 42.6 Å². The normalized spacial score (nSPS) is 32.0. The maximum absolute atomic E-state index is 12.6. The largest absolute Gasteiger partial charge is 0.295 e. The molecule has 1 aromatic rings. The van der Waals surface area contributed by atoms with Gasteiger partial charge in [-0.15, -0.1) is 0 Å². The fraction of sp³-hybridized carbons (Fsp3) is 0.650. The van der Waals surface area contributed by atoms with Crippen molar-refractivity contribution in [3.05, 3.63) is 30.6 Å². The highest BCUT2D eigenvalue weighted by Crippen LogP contribution is 2.61. The van der Waals surface area contributed by atoms with Gasteiger partial charge in [0.2, 0.25) is 11.9 Å². The van der Waals surface area contributed by atoms with Crippen molar-refractivity contribution in [2.45, 2.75) is 59.3 Å². The number of nitrogens with one attached hydrogen (secondary N) is 1. The van der Waals surface area contributed by atoms with Crippen LogP contribution in [0.15, 0.2) is 30.6 Å².